The van der Waals surface area contributed by atoms with E-state index in [1.165, 1.54) is 36.6 Å². The van der Waals surface area contributed by atoms with Gasteiger partial charge in [-0.3, -0.25) is 20.2 Å². The summed E-state index contributed by atoms with van der Waals surface area (Å²) in [4.78, 5) is 20.8. The highest BCUT2D eigenvalue weighted by molar-refractivity contribution is 8.01. The SMILES string of the molecule is O=[N+]([O-])c1cccc([N+](=O)[O-])c1NSC1CCCCC1. The van der Waals surface area contributed by atoms with E-state index >= 15 is 0 Å². The molecule has 1 aromatic carbocycles. The minimum Gasteiger partial charge on any atom is -0.318 e. The van der Waals surface area contributed by atoms with Gasteiger partial charge in [-0.05, 0) is 30.9 Å². The lowest BCUT2D eigenvalue weighted by molar-refractivity contribution is -0.392. The van der Waals surface area contributed by atoms with Gasteiger partial charge in [0.25, 0.3) is 11.4 Å². The van der Waals surface area contributed by atoms with E-state index < -0.39 is 9.85 Å². The summed E-state index contributed by atoms with van der Waals surface area (Å²) >= 11 is 1.35. The van der Waals surface area contributed by atoms with Crippen molar-refractivity contribution >= 4 is 29.0 Å². The Bertz CT molecular complexity index is 485. The van der Waals surface area contributed by atoms with Crippen LogP contribution in [-0.2, 0) is 0 Å². The first-order valence-electron chi connectivity index (χ1n) is 6.43. The van der Waals surface area contributed by atoms with Crippen molar-refractivity contribution in [1.82, 2.24) is 0 Å². The largest absolute Gasteiger partial charge is 0.318 e. The van der Waals surface area contributed by atoms with Crippen LogP contribution in [0.3, 0.4) is 0 Å². The molecule has 2 rings (SSSR count). The van der Waals surface area contributed by atoms with Crippen LogP contribution in [0.25, 0.3) is 0 Å². The fourth-order valence-electron chi connectivity index (χ4n) is 2.26. The van der Waals surface area contributed by atoms with Crippen molar-refractivity contribution in [1.29, 1.82) is 0 Å². The highest BCUT2D eigenvalue weighted by Crippen LogP contribution is 2.38. The minimum absolute atomic E-state index is 0.0157. The van der Waals surface area contributed by atoms with E-state index in [4.69, 9.17) is 0 Å². The molecule has 1 saturated carbocycles. The van der Waals surface area contributed by atoms with Crippen molar-refractivity contribution in [2.24, 2.45) is 0 Å². The molecule has 1 aliphatic rings. The van der Waals surface area contributed by atoms with E-state index in [1.807, 2.05) is 0 Å². The zero-order chi connectivity index (χ0) is 14.5. The predicted molar refractivity (Wildman–Crippen MR) is 77.8 cm³/mol. The number of nitrogens with one attached hydrogen (secondary N) is 1. The number of rotatable bonds is 5. The smallest absolute Gasteiger partial charge is 0.300 e. The third-order valence-corrected chi connectivity index (χ3v) is 4.42. The first-order chi connectivity index (χ1) is 9.59. The number of hydrogen-bond acceptors (Lipinski definition) is 6. The van der Waals surface area contributed by atoms with Crippen LogP contribution >= 0.6 is 11.9 Å². The zero-order valence-corrected chi connectivity index (χ0v) is 11.6. The van der Waals surface area contributed by atoms with Crippen LogP contribution in [0.15, 0.2) is 18.2 Å². The molecule has 1 aliphatic carbocycles. The lowest BCUT2D eigenvalue weighted by atomic mass is 10.0. The van der Waals surface area contributed by atoms with Crippen molar-refractivity contribution < 1.29 is 9.85 Å². The van der Waals surface area contributed by atoms with Crippen LogP contribution in [0, 0.1) is 20.2 Å². The molecule has 20 heavy (non-hydrogen) atoms. The van der Waals surface area contributed by atoms with Crippen molar-refractivity contribution in [2.75, 3.05) is 4.72 Å². The summed E-state index contributed by atoms with van der Waals surface area (Å²) in [5, 5.41) is 22.3. The summed E-state index contributed by atoms with van der Waals surface area (Å²) in [5.74, 6) is 0. The highest BCUT2D eigenvalue weighted by Gasteiger charge is 2.26. The normalized spacial score (nSPS) is 15.8. The Morgan fingerprint density at radius 1 is 1.05 bits per heavy atom. The molecule has 0 radical (unpaired) electrons. The van der Waals surface area contributed by atoms with E-state index in [2.05, 4.69) is 4.72 Å². The molecule has 0 aromatic heterocycles. The molecule has 0 saturated heterocycles. The number of anilines is 1. The van der Waals surface area contributed by atoms with Gasteiger partial charge in [0.1, 0.15) is 0 Å². The van der Waals surface area contributed by atoms with Gasteiger partial charge < -0.3 is 4.72 Å². The summed E-state index contributed by atoms with van der Waals surface area (Å²) < 4.78 is 2.85. The second-order valence-electron chi connectivity index (χ2n) is 4.67. The zero-order valence-electron chi connectivity index (χ0n) is 10.8. The fraction of sp³-hybridized carbons (Fsp3) is 0.500. The maximum absolute atomic E-state index is 11.0. The van der Waals surface area contributed by atoms with Crippen molar-refractivity contribution in [3.63, 3.8) is 0 Å². The standard InChI is InChI=1S/C12H15N3O4S/c16-14(17)10-7-4-8-11(15(18)19)12(10)13-20-9-5-2-1-3-6-9/h4,7-9,13H,1-3,5-6H2. The molecule has 108 valence electrons. The van der Waals surface area contributed by atoms with E-state index in [9.17, 15) is 20.2 Å². The first kappa shape index (κ1) is 14.6. The number of nitrogens with zero attached hydrogens (tertiary/aromatic N) is 2. The molecule has 1 aromatic rings. The average Bonchev–Trinajstić information content (AvgIpc) is 2.45. The van der Waals surface area contributed by atoms with Gasteiger partial charge >= 0.3 is 0 Å². The Labute approximate surface area is 120 Å². The van der Waals surface area contributed by atoms with E-state index in [1.54, 1.807) is 0 Å². The van der Waals surface area contributed by atoms with Crippen molar-refractivity contribution in [2.45, 2.75) is 37.4 Å². The molecule has 0 atom stereocenters. The number of para-hydroxylation sites is 1. The van der Waals surface area contributed by atoms with Crippen molar-refractivity contribution in [3.05, 3.63) is 38.4 Å². The number of nitro benzene ring substituents is 2. The molecular formula is C12H15N3O4S. The Balaban J connectivity index is 2.19. The molecule has 0 unspecified atom stereocenters. The molecule has 0 amide bonds. The van der Waals surface area contributed by atoms with Gasteiger partial charge in [-0.15, -0.1) is 0 Å². The lowest BCUT2D eigenvalue weighted by Crippen LogP contribution is -2.11. The van der Waals surface area contributed by atoms with E-state index in [0.29, 0.717) is 5.25 Å². The van der Waals surface area contributed by atoms with Gasteiger partial charge in [0.2, 0.25) is 5.69 Å². The Morgan fingerprint density at radius 3 is 2.10 bits per heavy atom. The second kappa shape index (κ2) is 6.56. The summed E-state index contributed by atoms with van der Waals surface area (Å²) in [5.41, 5.74) is -0.539. The second-order valence-corrected chi connectivity index (χ2v) is 5.77. The maximum atomic E-state index is 11.0. The number of hydrogen-bond donors (Lipinski definition) is 1. The van der Waals surface area contributed by atoms with Gasteiger partial charge in [-0.2, -0.15) is 0 Å². The highest BCUT2D eigenvalue weighted by atomic mass is 32.2. The Morgan fingerprint density at radius 2 is 1.60 bits per heavy atom. The molecule has 8 heteroatoms. The van der Waals surface area contributed by atoms with Crippen LogP contribution in [0.4, 0.5) is 17.1 Å². The summed E-state index contributed by atoms with van der Waals surface area (Å²) in [7, 11) is 0. The Kier molecular flexibility index (Phi) is 4.78. The Hall–Kier alpha value is -1.83. The third-order valence-electron chi connectivity index (χ3n) is 3.29. The third kappa shape index (κ3) is 3.38. The summed E-state index contributed by atoms with van der Waals surface area (Å²) in [6.45, 7) is 0. The van der Waals surface area contributed by atoms with E-state index in [0.717, 1.165) is 25.7 Å². The maximum Gasteiger partial charge on any atom is 0.300 e. The summed E-state index contributed by atoms with van der Waals surface area (Å²) in [6, 6.07) is 3.88. The van der Waals surface area contributed by atoms with Crippen LogP contribution in [0.1, 0.15) is 32.1 Å². The van der Waals surface area contributed by atoms with Gasteiger partial charge in [-0.1, -0.05) is 19.3 Å². The number of benzene rings is 1. The van der Waals surface area contributed by atoms with Gasteiger partial charge in [0.05, 0.1) is 9.85 Å². The van der Waals surface area contributed by atoms with Crippen LogP contribution in [-0.4, -0.2) is 15.1 Å². The monoisotopic (exact) mass is 297 g/mol. The molecule has 0 aliphatic heterocycles. The van der Waals surface area contributed by atoms with Crippen LogP contribution in [0.5, 0.6) is 0 Å². The first-order valence-corrected chi connectivity index (χ1v) is 7.31. The molecule has 7 nitrogen and oxygen atoms in total. The number of nitro groups is 2. The predicted octanol–water partition coefficient (Wildman–Crippen LogP) is 3.90. The average molecular weight is 297 g/mol. The molecule has 0 spiro atoms. The lowest BCUT2D eigenvalue weighted by Gasteiger charge is -2.21. The fourth-order valence-corrected chi connectivity index (χ4v) is 3.33. The molecule has 0 heterocycles. The molecule has 1 N–H and O–H groups in total. The van der Waals surface area contributed by atoms with Crippen LogP contribution < -0.4 is 4.72 Å². The molecular weight excluding hydrogens is 282 g/mol. The van der Waals surface area contributed by atoms with E-state index in [-0.39, 0.29) is 17.1 Å². The quantitative estimate of drug-likeness (QED) is 0.503. The molecule has 1 fully saturated rings. The van der Waals surface area contributed by atoms with Gasteiger partial charge in [0, 0.05) is 17.4 Å². The topological polar surface area (TPSA) is 98.3 Å². The minimum atomic E-state index is -0.600. The van der Waals surface area contributed by atoms with Gasteiger partial charge in [0.15, 0.2) is 0 Å². The van der Waals surface area contributed by atoms with Crippen LogP contribution in [0.2, 0.25) is 0 Å². The molecule has 0 bridgehead atoms. The van der Waals surface area contributed by atoms with Gasteiger partial charge in [-0.25, -0.2) is 0 Å². The van der Waals surface area contributed by atoms with Crippen molar-refractivity contribution in [3.8, 4) is 0 Å². The summed E-state index contributed by atoms with van der Waals surface area (Å²) in [6.07, 6.45) is 5.55.